The number of benzene rings is 3. The highest BCUT2D eigenvalue weighted by molar-refractivity contribution is 6.74. The molecule has 0 aromatic heterocycles. The first-order valence-corrected chi connectivity index (χ1v) is 23.4. The summed E-state index contributed by atoms with van der Waals surface area (Å²) in [7, 11) is -0.481. The molecule has 9 atom stereocenters. The quantitative estimate of drug-likeness (QED) is 0.0823. The predicted molar refractivity (Wildman–Crippen MR) is 224 cm³/mol. The van der Waals surface area contributed by atoms with Gasteiger partial charge in [-0.15, -0.1) is 5.92 Å². The van der Waals surface area contributed by atoms with E-state index in [1.54, 1.807) is 7.11 Å². The van der Waals surface area contributed by atoms with E-state index < -0.39 is 20.7 Å². The minimum absolute atomic E-state index is 0.0281. The lowest BCUT2D eigenvalue weighted by molar-refractivity contribution is -0.271. The molecule has 0 amide bonds. The van der Waals surface area contributed by atoms with Gasteiger partial charge < -0.3 is 38.0 Å². The van der Waals surface area contributed by atoms with Gasteiger partial charge in [-0.05, 0) is 72.5 Å². The van der Waals surface area contributed by atoms with Crippen LogP contribution in [-0.2, 0) is 41.3 Å². The second-order valence-corrected chi connectivity index (χ2v) is 21.9. The van der Waals surface area contributed by atoms with Crippen LogP contribution < -0.4 is 4.74 Å². The molecule has 5 rings (SSSR count). The topological polar surface area (TPSA) is 84.8 Å². The van der Waals surface area contributed by atoms with Crippen LogP contribution in [0.25, 0.3) is 0 Å². The normalized spacial score (nSPS) is 23.8. The van der Waals surface area contributed by atoms with E-state index in [2.05, 4.69) is 71.7 Å². The van der Waals surface area contributed by atoms with Gasteiger partial charge in [-0.2, -0.15) is 0 Å². The summed E-state index contributed by atoms with van der Waals surface area (Å²) in [4.78, 5) is 0. The zero-order chi connectivity index (χ0) is 40.1. The fraction of sp³-hybridized carbons (Fsp3) is 0.574. The van der Waals surface area contributed by atoms with Crippen LogP contribution >= 0.6 is 0 Å². The number of ether oxygens (including phenoxy) is 6. The van der Waals surface area contributed by atoms with E-state index in [4.69, 9.17) is 32.8 Å². The second-order valence-electron chi connectivity index (χ2n) is 17.1. The van der Waals surface area contributed by atoms with E-state index in [0.29, 0.717) is 39.3 Å². The van der Waals surface area contributed by atoms with E-state index in [1.165, 1.54) is 5.56 Å². The van der Waals surface area contributed by atoms with Gasteiger partial charge in [0.05, 0.1) is 51.3 Å². The molecule has 306 valence electrons. The SMILES string of the molecule is COc1ccc(CO[C@@H]([C@H](C)CC#C[C@H](O)C[C@@H]2O[C@@H]3CO[C@@H](c4ccccc4)O[C@H]3CC[C@H]2O[Si](C)(C)C(C)(C)C)[C@@H](C)CCOCc2ccccc2)cc1. The highest BCUT2D eigenvalue weighted by Crippen LogP contribution is 2.41. The lowest BCUT2D eigenvalue weighted by Gasteiger charge is -2.41. The first kappa shape index (κ1) is 44.1. The van der Waals surface area contributed by atoms with E-state index in [1.807, 2.05) is 72.8 Å². The summed E-state index contributed by atoms with van der Waals surface area (Å²) in [5.41, 5.74) is 3.25. The zero-order valence-electron chi connectivity index (χ0n) is 34.9. The second kappa shape index (κ2) is 21.1. The molecule has 2 aliphatic rings. The van der Waals surface area contributed by atoms with E-state index in [9.17, 15) is 5.11 Å². The van der Waals surface area contributed by atoms with E-state index in [-0.39, 0.29) is 47.4 Å². The van der Waals surface area contributed by atoms with Crippen molar-refractivity contribution in [1.82, 2.24) is 0 Å². The number of aliphatic hydroxyl groups excluding tert-OH is 1. The average molecular weight is 787 g/mol. The van der Waals surface area contributed by atoms with Gasteiger partial charge >= 0.3 is 0 Å². The van der Waals surface area contributed by atoms with E-state index in [0.717, 1.165) is 36.1 Å². The molecular formula is C47H66O8Si. The molecule has 0 bridgehead atoms. The third kappa shape index (κ3) is 13.0. The Balaban J connectivity index is 1.23. The predicted octanol–water partition coefficient (Wildman–Crippen LogP) is 9.66. The summed E-state index contributed by atoms with van der Waals surface area (Å²) in [6.45, 7) is 17.8. The molecule has 0 spiro atoms. The molecule has 2 heterocycles. The van der Waals surface area contributed by atoms with Crippen molar-refractivity contribution in [1.29, 1.82) is 0 Å². The minimum atomic E-state index is -2.15. The van der Waals surface area contributed by atoms with Crippen molar-refractivity contribution in [3.05, 3.63) is 102 Å². The van der Waals surface area contributed by atoms with Crippen LogP contribution in [-0.4, -0.2) is 70.4 Å². The van der Waals surface area contributed by atoms with Gasteiger partial charge in [0.1, 0.15) is 18.0 Å². The van der Waals surface area contributed by atoms with Crippen molar-refractivity contribution in [2.45, 2.75) is 141 Å². The van der Waals surface area contributed by atoms with Crippen molar-refractivity contribution >= 4 is 8.32 Å². The molecule has 9 heteroatoms. The Morgan fingerprint density at radius 3 is 2.20 bits per heavy atom. The van der Waals surface area contributed by atoms with Crippen molar-refractivity contribution in [3.63, 3.8) is 0 Å². The van der Waals surface area contributed by atoms with Crippen LogP contribution in [0.1, 0.15) is 89.7 Å². The van der Waals surface area contributed by atoms with Crippen LogP contribution in [0.2, 0.25) is 18.1 Å². The summed E-state index contributed by atoms with van der Waals surface area (Å²) in [6, 6.07) is 28.3. The molecule has 0 radical (unpaired) electrons. The van der Waals surface area contributed by atoms with Crippen LogP contribution in [0.3, 0.4) is 0 Å². The Labute approximate surface area is 337 Å². The van der Waals surface area contributed by atoms with Crippen molar-refractivity contribution < 1.29 is 38.0 Å². The Hall–Kier alpha value is -3.04. The maximum atomic E-state index is 11.4. The Bertz CT molecular complexity index is 1630. The van der Waals surface area contributed by atoms with Gasteiger partial charge in [0, 0.05) is 25.0 Å². The fourth-order valence-electron chi connectivity index (χ4n) is 7.20. The molecule has 0 saturated carbocycles. The largest absolute Gasteiger partial charge is 0.497 e. The van der Waals surface area contributed by atoms with Crippen LogP contribution in [0.4, 0.5) is 0 Å². The van der Waals surface area contributed by atoms with Gasteiger partial charge in [-0.1, -0.05) is 113 Å². The summed E-state index contributed by atoms with van der Waals surface area (Å²) in [6.07, 6.45) is 1.08. The molecular weight excluding hydrogens is 721 g/mol. The highest BCUT2D eigenvalue weighted by atomic mass is 28.4. The van der Waals surface area contributed by atoms with Gasteiger partial charge in [0.2, 0.25) is 0 Å². The van der Waals surface area contributed by atoms with Gasteiger partial charge in [-0.25, -0.2) is 0 Å². The molecule has 2 fully saturated rings. The Kier molecular flexibility index (Phi) is 16.6. The molecule has 2 aliphatic heterocycles. The number of fused-ring (bicyclic) bond motifs is 1. The molecule has 0 aliphatic carbocycles. The number of rotatable bonds is 17. The van der Waals surface area contributed by atoms with E-state index >= 15 is 0 Å². The first-order chi connectivity index (χ1) is 26.8. The standard InChI is InChI=1S/C47H66O8Si/c1-34(45(51-32-37-22-24-40(49-6)25-23-37)35(2)28-29-50-31-36-17-11-9-12-18-36)16-15-21-39(48)30-43-42(55-56(7,8)47(3,4)5)27-26-41-44(53-43)33-52-46(54-41)38-19-13-10-14-20-38/h9-14,17-20,22-25,34-35,39,41-46,48H,16,26-33H2,1-8H3/t34-,35+,39+,41+,42-,43+,44-,45+,46-/m1/s1. The number of hydrogen-bond acceptors (Lipinski definition) is 8. The number of hydrogen-bond donors (Lipinski definition) is 1. The maximum absolute atomic E-state index is 11.4. The summed E-state index contributed by atoms with van der Waals surface area (Å²) in [5.74, 6) is 7.67. The van der Waals surface area contributed by atoms with Crippen molar-refractivity contribution in [2.24, 2.45) is 11.8 Å². The molecule has 8 nitrogen and oxygen atoms in total. The lowest BCUT2D eigenvalue weighted by Crippen LogP contribution is -2.48. The lowest BCUT2D eigenvalue weighted by atomic mass is 9.89. The molecule has 3 aromatic rings. The first-order valence-electron chi connectivity index (χ1n) is 20.5. The third-order valence-electron chi connectivity index (χ3n) is 11.6. The zero-order valence-corrected chi connectivity index (χ0v) is 35.9. The third-order valence-corrected chi connectivity index (χ3v) is 16.2. The smallest absolute Gasteiger partial charge is 0.192 e. The minimum Gasteiger partial charge on any atom is -0.497 e. The highest BCUT2D eigenvalue weighted by Gasteiger charge is 2.45. The molecule has 3 aromatic carbocycles. The van der Waals surface area contributed by atoms with Crippen LogP contribution in [0.5, 0.6) is 5.75 Å². The Morgan fingerprint density at radius 2 is 1.52 bits per heavy atom. The number of methoxy groups -OCH3 is 1. The summed E-state index contributed by atoms with van der Waals surface area (Å²) in [5, 5.41) is 11.5. The van der Waals surface area contributed by atoms with Gasteiger partial charge in [-0.3, -0.25) is 0 Å². The van der Waals surface area contributed by atoms with Crippen molar-refractivity contribution in [2.75, 3.05) is 20.3 Å². The average Bonchev–Trinajstić information content (AvgIpc) is 3.35. The Morgan fingerprint density at radius 1 is 0.839 bits per heavy atom. The summed E-state index contributed by atoms with van der Waals surface area (Å²) >= 11 is 0. The van der Waals surface area contributed by atoms with Crippen LogP contribution in [0, 0.1) is 23.7 Å². The molecule has 56 heavy (non-hydrogen) atoms. The molecule has 1 N–H and O–H groups in total. The fourth-order valence-corrected chi connectivity index (χ4v) is 8.58. The number of aliphatic hydroxyl groups is 1. The van der Waals surface area contributed by atoms with Crippen LogP contribution in [0.15, 0.2) is 84.9 Å². The monoisotopic (exact) mass is 786 g/mol. The van der Waals surface area contributed by atoms with Gasteiger partial charge in [0.25, 0.3) is 0 Å². The maximum Gasteiger partial charge on any atom is 0.192 e. The summed E-state index contributed by atoms with van der Waals surface area (Å²) < 4.78 is 44.5. The molecule has 0 unspecified atom stereocenters. The van der Waals surface area contributed by atoms with Crippen molar-refractivity contribution in [3.8, 4) is 17.6 Å². The van der Waals surface area contributed by atoms with Gasteiger partial charge in [0.15, 0.2) is 14.6 Å². The molecule has 2 saturated heterocycles.